The van der Waals surface area contributed by atoms with Crippen LogP contribution in [0.5, 0.6) is 0 Å². The highest BCUT2D eigenvalue weighted by Gasteiger charge is 2.19. The Bertz CT molecular complexity index is 428. The molecular weight excluding hydrogens is 331 g/mol. The molecule has 1 rings (SSSR count). The lowest BCUT2D eigenvalue weighted by molar-refractivity contribution is 0.254. The van der Waals surface area contributed by atoms with Crippen molar-refractivity contribution in [3.8, 4) is 0 Å². The molecule has 0 spiro atoms. The van der Waals surface area contributed by atoms with Gasteiger partial charge in [0.1, 0.15) is 9.39 Å². The Labute approximate surface area is 115 Å². The van der Waals surface area contributed by atoms with Crippen molar-refractivity contribution >= 4 is 28.4 Å². The Balaban J connectivity index is 2.67. The van der Waals surface area contributed by atoms with E-state index >= 15 is 0 Å². The molecule has 96 valence electrons. The van der Waals surface area contributed by atoms with E-state index < -0.39 is 0 Å². The zero-order valence-electron chi connectivity index (χ0n) is 10.7. The molecule has 1 heterocycles. The van der Waals surface area contributed by atoms with E-state index in [1.165, 1.54) is 6.33 Å². The Morgan fingerprint density at radius 1 is 1.53 bits per heavy atom. The van der Waals surface area contributed by atoms with Gasteiger partial charge in [0.2, 0.25) is 0 Å². The number of anilines is 1. The number of nitrogens with one attached hydrogen (secondary N) is 2. The normalized spacial score (nSPS) is 11.9. The molecule has 0 bridgehead atoms. The van der Waals surface area contributed by atoms with Crippen LogP contribution in [0.15, 0.2) is 11.1 Å². The van der Waals surface area contributed by atoms with Crippen LogP contribution in [0.1, 0.15) is 13.8 Å². The first-order chi connectivity index (χ1) is 7.82. The van der Waals surface area contributed by atoms with Gasteiger partial charge in [-0.15, -0.1) is 0 Å². The van der Waals surface area contributed by atoms with Gasteiger partial charge in [-0.1, -0.05) is 13.8 Å². The van der Waals surface area contributed by atoms with Crippen LogP contribution >= 0.6 is 22.6 Å². The first-order valence-corrected chi connectivity index (χ1v) is 6.51. The van der Waals surface area contributed by atoms with Crippen molar-refractivity contribution < 1.29 is 0 Å². The number of aromatic nitrogens is 2. The van der Waals surface area contributed by atoms with E-state index in [9.17, 15) is 4.79 Å². The third kappa shape index (κ3) is 4.63. The molecule has 2 N–H and O–H groups in total. The van der Waals surface area contributed by atoms with Gasteiger partial charge in [-0.05, 0) is 42.1 Å². The summed E-state index contributed by atoms with van der Waals surface area (Å²) in [5, 5.41) is 3.23. The molecule has 0 unspecified atom stereocenters. The lowest BCUT2D eigenvalue weighted by atomic mass is 9.93. The number of rotatable bonds is 5. The lowest BCUT2D eigenvalue weighted by Crippen LogP contribution is -2.35. The molecule has 0 aliphatic carbocycles. The molecule has 1 aromatic rings. The summed E-state index contributed by atoms with van der Waals surface area (Å²) in [6, 6.07) is 0. The summed E-state index contributed by atoms with van der Waals surface area (Å²) < 4.78 is 0.603. The van der Waals surface area contributed by atoms with Crippen LogP contribution in [0.4, 0.5) is 5.82 Å². The molecular formula is C11H19IN4O. The molecule has 1 aromatic heterocycles. The van der Waals surface area contributed by atoms with Crippen molar-refractivity contribution in [1.29, 1.82) is 0 Å². The first-order valence-electron chi connectivity index (χ1n) is 5.43. The van der Waals surface area contributed by atoms with Crippen LogP contribution in [0, 0.1) is 8.99 Å². The maximum atomic E-state index is 11.4. The minimum absolute atomic E-state index is 0.103. The minimum atomic E-state index is -0.103. The standard InChI is InChI=1S/C11H19IN4O/c1-11(2,6-16(3)4)5-13-9-8(12)10(17)15-7-14-9/h7H,5-6H2,1-4H3,(H2,13,14,15,17). The number of hydrogen-bond donors (Lipinski definition) is 2. The zero-order valence-corrected chi connectivity index (χ0v) is 12.8. The summed E-state index contributed by atoms with van der Waals surface area (Å²) in [5.41, 5.74) is 0.0187. The fourth-order valence-corrected chi connectivity index (χ4v) is 2.23. The second-order valence-electron chi connectivity index (χ2n) is 5.15. The van der Waals surface area contributed by atoms with Gasteiger partial charge in [-0.2, -0.15) is 0 Å². The van der Waals surface area contributed by atoms with Crippen LogP contribution in [-0.4, -0.2) is 42.1 Å². The van der Waals surface area contributed by atoms with Crippen molar-refractivity contribution in [2.45, 2.75) is 13.8 Å². The van der Waals surface area contributed by atoms with Crippen molar-refractivity contribution in [2.24, 2.45) is 5.41 Å². The van der Waals surface area contributed by atoms with E-state index in [0.29, 0.717) is 9.39 Å². The number of aromatic amines is 1. The molecule has 0 aliphatic rings. The molecule has 0 atom stereocenters. The van der Waals surface area contributed by atoms with Gasteiger partial charge in [-0.25, -0.2) is 4.98 Å². The van der Waals surface area contributed by atoms with Crippen molar-refractivity contribution in [3.05, 3.63) is 20.3 Å². The molecule has 0 radical (unpaired) electrons. The first kappa shape index (κ1) is 14.4. The van der Waals surface area contributed by atoms with Gasteiger partial charge in [0.05, 0.1) is 6.33 Å². The third-order valence-electron chi connectivity index (χ3n) is 2.28. The largest absolute Gasteiger partial charge is 0.368 e. The summed E-state index contributed by atoms with van der Waals surface area (Å²) in [5.74, 6) is 0.654. The Kier molecular flexibility index (Phi) is 4.93. The SMILES string of the molecule is CN(C)CC(C)(C)CNc1nc[nH]c(=O)c1I. The van der Waals surface area contributed by atoms with E-state index in [-0.39, 0.29) is 11.0 Å². The van der Waals surface area contributed by atoms with Crippen molar-refractivity contribution in [2.75, 3.05) is 32.5 Å². The summed E-state index contributed by atoms with van der Waals surface area (Å²) in [6.07, 6.45) is 1.42. The number of H-pyrrole nitrogens is 1. The molecule has 0 saturated carbocycles. The maximum Gasteiger partial charge on any atom is 0.266 e. The van der Waals surface area contributed by atoms with E-state index in [0.717, 1.165) is 13.1 Å². The zero-order chi connectivity index (χ0) is 13.1. The molecule has 5 nitrogen and oxygen atoms in total. The van der Waals surface area contributed by atoms with Gasteiger partial charge in [0.15, 0.2) is 0 Å². The van der Waals surface area contributed by atoms with Gasteiger partial charge in [-0.3, -0.25) is 4.79 Å². The van der Waals surface area contributed by atoms with Crippen LogP contribution in [-0.2, 0) is 0 Å². The minimum Gasteiger partial charge on any atom is -0.368 e. The van der Waals surface area contributed by atoms with E-state index in [1.54, 1.807) is 0 Å². The fraction of sp³-hybridized carbons (Fsp3) is 0.636. The monoisotopic (exact) mass is 350 g/mol. The average Bonchev–Trinajstić information content (AvgIpc) is 2.18. The summed E-state index contributed by atoms with van der Waals surface area (Å²) in [4.78, 5) is 20.2. The van der Waals surface area contributed by atoms with Gasteiger partial charge in [0.25, 0.3) is 5.56 Å². The van der Waals surface area contributed by atoms with Gasteiger partial charge in [0, 0.05) is 13.1 Å². The molecule has 0 amide bonds. The van der Waals surface area contributed by atoms with Crippen molar-refractivity contribution in [3.63, 3.8) is 0 Å². The summed E-state index contributed by atoms with van der Waals surface area (Å²) in [7, 11) is 4.11. The van der Waals surface area contributed by atoms with E-state index in [2.05, 4.69) is 48.1 Å². The third-order valence-corrected chi connectivity index (χ3v) is 3.28. The second-order valence-corrected chi connectivity index (χ2v) is 6.23. The second kappa shape index (κ2) is 5.81. The fourth-order valence-electron chi connectivity index (χ4n) is 1.74. The average molecular weight is 350 g/mol. The highest BCUT2D eigenvalue weighted by Crippen LogP contribution is 2.18. The maximum absolute atomic E-state index is 11.4. The molecule has 6 heteroatoms. The highest BCUT2D eigenvalue weighted by molar-refractivity contribution is 14.1. The van der Waals surface area contributed by atoms with Crippen LogP contribution in [0.2, 0.25) is 0 Å². The van der Waals surface area contributed by atoms with E-state index in [4.69, 9.17) is 0 Å². The molecule has 0 saturated heterocycles. The van der Waals surface area contributed by atoms with Crippen molar-refractivity contribution in [1.82, 2.24) is 14.9 Å². The smallest absolute Gasteiger partial charge is 0.266 e. The van der Waals surface area contributed by atoms with Gasteiger partial charge < -0.3 is 15.2 Å². The predicted octanol–water partition coefficient (Wildman–Crippen LogP) is 1.37. The number of hydrogen-bond acceptors (Lipinski definition) is 4. The van der Waals surface area contributed by atoms with Crippen LogP contribution in [0.25, 0.3) is 0 Å². The Morgan fingerprint density at radius 2 is 2.18 bits per heavy atom. The summed E-state index contributed by atoms with van der Waals surface area (Å²) >= 11 is 2.00. The van der Waals surface area contributed by atoms with Crippen LogP contribution in [0.3, 0.4) is 0 Å². The van der Waals surface area contributed by atoms with Gasteiger partial charge >= 0.3 is 0 Å². The van der Waals surface area contributed by atoms with E-state index in [1.807, 2.05) is 22.6 Å². The molecule has 0 fully saturated rings. The molecule has 17 heavy (non-hydrogen) atoms. The number of nitrogens with zero attached hydrogens (tertiary/aromatic N) is 2. The lowest BCUT2D eigenvalue weighted by Gasteiger charge is -2.28. The molecule has 0 aromatic carbocycles. The highest BCUT2D eigenvalue weighted by atomic mass is 127. The predicted molar refractivity (Wildman–Crippen MR) is 78.4 cm³/mol. The molecule has 0 aliphatic heterocycles. The topological polar surface area (TPSA) is 61.0 Å². The number of halogens is 1. The Hall–Kier alpha value is -0.630. The quantitative estimate of drug-likeness (QED) is 0.788. The van der Waals surface area contributed by atoms with Crippen LogP contribution < -0.4 is 10.9 Å². The summed E-state index contributed by atoms with van der Waals surface area (Å²) in [6.45, 7) is 6.11. The Morgan fingerprint density at radius 3 is 2.76 bits per heavy atom.